The van der Waals surface area contributed by atoms with Crippen LogP contribution in [0.2, 0.25) is 0 Å². The van der Waals surface area contributed by atoms with Gasteiger partial charge in [-0.15, -0.1) is 0 Å². The molecule has 2 N–H and O–H groups in total. The van der Waals surface area contributed by atoms with Crippen LogP contribution >= 0.6 is 11.8 Å². The van der Waals surface area contributed by atoms with Crippen molar-refractivity contribution >= 4 is 29.3 Å². The number of amides is 2. The Morgan fingerprint density at radius 3 is 2.55 bits per heavy atom. The lowest BCUT2D eigenvalue weighted by molar-refractivity contribution is -0.137. The largest absolute Gasteiger partial charge is 0.418 e. The zero-order valence-electron chi connectivity index (χ0n) is 16.4. The number of rotatable bonds is 5. The Balaban J connectivity index is 1.77. The molecule has 0 aromatic heterocycles. The number of nitrogens with one attached hydrogen (secondary N) is 2. The van der Waals surface area contributed by atoms with E-state index in [9.17, 15) is 28.0 Å². The summed E-state index contributed by atoms with van der Waals surface area (Å²) in [6, 6.07) is 14.2. The van der Waals surface area contributed by atoms with Crippen LogP contribution in [0.3, 0.4) is 0 Å². The summed E-state index contributed by atoms with van der Waals surface area (Å²) in [6.45, 7) is 1.93. The Bertz CT molecular complexity index is 1070. The number of carbonyl (C=O) groups excluding carboxylic acids is 2. The molecule has 2 amide bonds. The van der Waals surface area contributed by atoms with Crippen molar-refractivity contribution in [1.29, 1.82) is 5.26 Å². The van der Waals surface area contributed by atoms with Crippen LogP contribution in [-0.4, -0.2) is 17.6 Å². The molecule has 5 nitrogen and oxygen atoms in total. The SMILES string of the molecule is Cc1ccc(C2CC(=O)NC(SCC(=O)Nc3ccccc3C(F)(F)F)=C2C#N)cc1. The summed E-state index contributed by atoms with van der Waals surface area (Å²) in [5.41, 5.74) is 0.864. The number of carbonyl (C=O) groups is 2. The molecule has 0 fully saturated rings. The summed E-state index contributed by atoms with van der Waals surface area (Å²) < 4.78 is 39.3. The normalized spacial score (nSPS) is 16.5. The molecule has 1 aliphatic heterocycles. The number of benzene rings is 2. The molecular weight excluding hydrogens is 427 g/mol. The Morgan fingerprint density at radius 1 is 1.23 bits per heavy atom. The molecular formula is C22H18F3N3O2S. The lowest BCUT2D eigenvalue weighted by atomic mass is 9.87. The number of hydrogen-bond donors (Lipinski definition) is 2. The van der Waals surface area contributed by atoms with Crippen LogP contribution in [0.1, 0.15) is 29.0 Å². The summed E-state index contributed by atoms with van der Waals surface area (Å²) in [7, 11) is 0. The fourth-order valence-corrected chi connectivity index (χ4v) is 4.06. The quantitative estimate of drug-likeness (QED) is 0.698. The molecule has 2 aromatic rings. The molecule has 160 valence electrons. The van der Waals surface area contributed by atoms with Crippen molar-refractivity contribution in [2.45, 2.75) is 25.4 Å². The van der Waals surface area contributed by atoms with Crippen molar-refractivity contribution in [2.24, 2.45) is 0 Å². The highest BCUT2D eigenvalue weighted by atomic mass is 32.2. The van der Waals surface area contributed by atoms with E-state index in [4.69, 9.17) is 0 Å². The molecule has 0 aliphatic carbocycles. The van der Waals surface area contributed by atoms with Crippen LogP contribution < -0.4 is 10.6 Å². The van der Waals surface area contributed by atoms with E-state index in [1.807, 2.05) is 31.2 Å². The molecule has 1 unspecified atom stereocenters. The Hall–Kier alpha value is -3.25. The van der Waals surface area contributed by atoms with Gasteiger partial charge in [0, 0.05) is 12.3 Å². The minimum atomic E-state index is -4.61. The molecule has 1 atom stereocenters. The fourth-order valence-electron chi connectivity index (χ4n) is 3.18. The van der Waals surface area contributed by atoms with Crippen molar-refractivity contribution in [1.82, 2.24) is 5.32 Å². The predicted molar refractivity (Wildman–Crippen MR) is 112 cm³/mol. The van der Waals surface area contributed by atoms with Crippen molar-refractivity contribution in [3.63, 3.8) is 0 Å². The van der Waals surface area contributed by atoms with Crippen molar-refractivity contribution in [2.75, 3.05) is 11.1 Å². The summed E-state index contributed by atoms with van der Waals surface area (Å²) in [4.78, 5) is 24.5. The van der Waals surface area contributed by atoms with E-state index in [1.165, 1.54) is 18.2 Å². The number of alkyl halides is 3. The van der Waals surface area contributed by atoms with Gasteiger partial charge in [0.2, 0.25) is 11.8 Å². The van der Waals surface area contributed by atoms with Gasteiger partial charge in [0.25, 0.3) is 0 Å². The average molecular weight is 445 g/mol. The van der Waals surface area contributed by atoms with Crippen LogP contribution in [0.4, 0.5) is 18.9 Å². The number of nitrogens with zero attached hydrogens (tertiary/aromatic N) is 1. The molecule has 9 heteroatoms. The van der Waals surface area contributed by atoms with E-state index in [0.717, 1.165) is 29.0 Å². The lowest BCUT2D eigenvalue weighted by Gasteiger charge is -2.25. The lowest BCUT2D eigenvalue weighted by Crippen LogP contribution is -2.31. The van der Waals surface area contributed by atoms with E-state index >= 15 is 0 Å². The third-order valence-electron chi connectivity index (χ3n) is 4.69. The van der Waals surface area contributed by atoms with Crippen LogP contribution in [0.5, 0.6) is 0 Å². The number of hydrogen-bond acceptors (Lipinski definition) is 4. The Kier molecular flexibility index (Phi) is 6.71. The van der Waals surface area contributed by atoms with Gasteiger partial charge in [0.05, 0.1) is 33.7 Å². The maximum absolute atomic E-state index is 13.1. The van der Waals surface area contributed by atoms with Gasteiger partial charge in [0.15, 0.2) is 0 Å². The van der Waals surface area contributed by atoms with Crippen molar-refractivity contribution < 1.29 is 22.8 Å². The number of nitriles is 1. The molecule has 0 radical (unpaired) electrons. The minimum Gasteiger partial charge on any atom is -0.325 e. The van der Waals surface area contributed by atoms with E-state index in [-0.39, 0.29) is 28.8 Å². The number of allylic oxidation sites excluding steroid dienone is 1. The Labute approximate surface area is 181 Å². The molecule has 3 rings (SSSR count). The minimum absolute atomic E-state index is 0.0984. The van der Waals surface area contributed by atoms with Gasteiger partial charge in [-0.05, 0) is 24.6 Å². The zero-order chi connectivity index (χ0) is 22.6. The number of aryl methyl sites for hydroxylation is 1. The zero-order valence-corrected chi connectivity index (χ0v) is 17.2. The van der Waals surface area contributed by atoms with Gasteiger partial charge >= 0.3 is 6.18 Å². The maximum atomic E-state index is 13.1. The van der Waals surface area contributed by atoms with Crippen LogP contribution in [0.25, 0.3) is 0 Å². The van der Waals surface area contributed by atoms with Crippen LogP contribution in [0, 0.1) is 18.3 Å². The average Bonchev–Trinajstić information content (AvgIpc) is 2.72. The highest BCUT2D eigenvalue weighted by Gasteiger charge is 2.34. The van der Waals surface area contributed by atoms with Crippen molar-refractivity contribution in [3.05, 3.63) is 75.8 Å². The van der Waals surface area contributed by atoms with Gasteiger partial charge in [-0.25, -0.2) is 0 Å². The fraction of sp³-hybridized carbons (Fsp3) is 0.227. The molecule has 1 aliphatic rings. The molecule has 31 heavy (non-hydrogen) atoms. The van der Waals surface area contributed by atoms with E-state index in [1.54, 1.807) is 0 Å². The maximum Gasteiger partial charge on any atom is 0.418 e. The monoisotopic (exact) mass is 445 g/mol. The Morgan fingerprint density at radius 2 is 1.90 bits per heavy atom. The van der Waals surface area contributed by atoms with Gasteiger partial charge in [0.1, 0.15) is 0 Å². The summed E-state index contributed by atoms with van der Waals surface area (Å²) in [6.07, 6.45) is -4.51. The second-order valence-corrected chi connectivity index (χ2v) is 7.94. The highest BCUT2D eigenvalue weighted by molar-refractivity contribution is 8.03. The smallest absolute Gasteiger partial charge is 0.325 e. The number of anilines is 1. The number of para-hydroxylation sites is 1. The predicted octanol–water partition coefficient (Wildman–Crippen LogP) is 4.72. The van der Waals surface area contributed by atoms with Gasteiger partial charge in [-0.3, -0.25) is 9.59 Å². The standard InChI is InChI=1S/C22H18F3N3O2S/c1-13-6-8-14(9-7-13)15-10-19(29)28-21(16(15)11-26)31-12-20(30)27-18-5-3-2-4-17(18)22(23,24)25/h2-9,15H,10,12H2,1H3,(H,27,30)(H,28,29). The van der Waals surface area contributed by atoms with Crippen molar-refractivity contribution in [3.8, 4) is 6.07 Å². The van der Waals surface area contributed by atoms with Crippen LogP contribution in [0.15, 0.2) is 59.1 Å². The van der Waals surface area contributed by atoms with E-state index in [0.29, 0.717) is 5.57 Å². The summed E-state index contributed by atoms with van der Waals surface area (Å²) in [5.74, 6) is -1.70. The van der Waals surface area contributed by atoms with Gasteiger partial charge in [-0.1, -0.05) is 53.7 Å². The molecule has 0 spiro atoms. The second kappa shape index (κ2) is 9.27. The highest BCUT2D eigenvalue weighted by Crippen LogP contribution is 2.37. The molecule has 1 heterocycles. The number of halogens is 3. The summed E-state index contributed by atoms with van der Waals surface area (Å²) >= 11 is 0.908. The molecule has 0 saturated carbocycles. The van der Waals surface area contributed by atoms with Gasteiger partial charge in [-0.2, -0.15) is 18.4 Å². The third-order valence-corrected chi connectivity index (χ3v) is 5.71. The topological polar surface area (TPSA) is 82.0 Å². The van der Waals surface area contributed by atoms with E-state index < -0.39 is 23.6 Å². The first-order valence-electron chi connectivity index (χ1n) is 9.28. The molecule has 0 saturated heterocycles. The first-order chi connectivity index (χ1) is 14.7. The second-order valence-electron chi connectivity index (χ2n) is 6.95. The molecule has 2 aromatic carbocycles. The first kappa shape index (κ1) is 22.4. The number of thioether (sulfide) groups is 1. The summed E-state index contributed by atoms with van der Waals surface area (Å²) in [5, 5.41) is 14.8. The van der Waals surface area contributed by atoms with Crippen LogP contribution in [-0.2, 0) is 15.8 Å². The first-order valence-corrected chi connectivity index (χ1v) is 10.3. The third kappa shape index (κ3) is 5.47. The molecule has 0 bridgehead atoms. The van der Waals surface area contributed by atoms with E-state index in [2.05, 4.69) is 16.7 Å². The van der Waals surface area contributed by atoms with Gasteiger partial charge < -0.3 is 10.6 Å².